The molecule has 0 spiro atoms. The molecule has 0 radical (unpaired) electrons. The molecule has 0 amide bonds. The number of halogens is 3. The van der Waals surface area contributed by atoms with E-state index in [2.05, 4.69) is 15.1 Å². The van der Waals surface area contributed by atoms with Crippen LogP contribution in [-0.4, -0.2) is 46.4 Å². The zero-order chi connectivity index (χ0) is 20.6. The first-order chi connectivity index (χ1) is 13.8. The summed E-state index contributed by atoms with van der Waals surface area (Å²) in [6.07, 6.45) is -2.59. The number of likely N-dealkylation sites (tertiary alicyclic amines) is 1. The van der Waals surface area contributed by atoms with E-state index in [1.807, 2.05) is 19.2 Å². The van der Waals surface area contributed by atoms with Crippen LogP contribution >= 0.6 is 0 Å². The Kier molecular flexibility index (Phi) is 5.04. The molecule has 8 heteroatoms. The number of nitrogens with zero attached hydrogens (tertiary/aromatic N) is 3. The molecule has 1 atom stereocenters. The van der Waals surface area contributed by atoms with E-state index in [4.69, 9.17) is 4.74 Å². The van der Waals surface area contributed by atoms with Crippen molar-refractivity contribution in [3.63, 3.8) is 0 Å². The van der Waals surface area contributed by atoms with E-state index in [-0.39, 0.29) is 11.7 Å². The van der Waals surface area contributed by atoms with Crippen molar-refractivity contribution in [2.75, 3.05) is 20.1 Å². The highest BCUT2D eigenvalue weighted by Crippen LogP contribution is 2.39. The third-order valence-corrected chi connectivity index (χ3v) is 5.09. The van der Waals surface area contributed by atoms with Crippen molar-refractivity contribution in [1.82, 2.24) is 15.1 Å². The Morgan fingerprint density at radius 1 is 1.10 bits per heavy atom. The van der Waals surface area contributed by atoms with Crippen molar-refractivity contribution in [3.8, 4) is 22.9 Å². The lowest BCUT2D eigenvalue weighted by Crippen LogP contribution is -2.38. The second-order valence-corrected chi connectivity index (χ2v) is 7.27. The van der Waals surface area contributed by atoms with E-state index in [0.717, 1.165) is 32.0 Å². The number of phenolic OH excluding ortho intramolecular Hbond substituents is 1. The fourth-order valence-electron chi connectivity index (χ4n) is 3.65. The number of aromatic nitrogens is 2. The molecule has 1 aliphatic heterocycles. The van der Waals surface area contributed by atoms with Crippen molar-refractivity contribution < 1.29 is 23.0 Å². The van der Waals surface area contributed by atoms with Crippen LogP contribution in [0.5, 0.6) is 11.6 Å². The molecule has 1 fully saturated rings. The highest BCUT2D eigenvalue weighted by Gasteiger charge is 2.31. The Morgan fingerprint density at radius 2 is 1.86 bits per heavy atom. The number of aromatic hydroxyl groups is 1. The van der Waals surface area contributed by atoms with Gasteiger partial charge in [0.05, 0.1) is 5.56 Å². The van der Waals surface area contributed by atoms with Gasteiger partial charge in [0.1, 0.15) is 17.5 Å². The van der Waals surface area contributed by atoms with Gasteiger partial charge in [-0.05, 0) is 50.7 Å². The van der Waals surface area contributed by atoms with E-state index >= 15 is 0 Å². The lowest BCUT2D eigenvalue weighted by atomic mass is 10.0. The van der Waals surface area contributed by atoms with Gasteiger partial charge in [-0.3, -0.25) is 0 Å². The van der Waals surface area contributed by atoms with Crippen LogP contribution in [0.1, 0.15) is 18.4 Å². The standard InChI is InChI=1S/C21H20F3N3O2/c1-27-10-4-5-14(12-27)29-20-16-7-3-2-6-15(16)19(25-26-20)17-9-8-13(11-18(17)28)21(22,23)24/h2-3,6-9,11,14,28H,4-5,10,12H2,1H3/t14-/m1/s1. The predicted molar refractivity (Wildman–Crippen MR) is 103 cm³/mol. The van der Waals surface area contributed by atoms with Crippen molar-refractivity contribution in [2.45, 2.75) is 25.1 Å². The molecule has 1 aromatic heterocycles. The van der Waals surface area contributed by atoms with Gasteiger partial charge in [0.25, 0.3) is 0 Å². The summed E-state index contributed by atoms with van der Waals surface area (Å²) in [4.78, 5) is 2.19. The maximum atomic E-state index is 12.9. The molecule has 0 unspecified atom stereocenters. The Morgan fingerprint density at radius 3 is 2.55 bits per heavy atom. The van der Waals surface area contributed by atoms with Crippen LogP contribution in [0, 0.1) is 0 Å². The molecule has 2 heterocycles. The maximum absolute atomic E-state index is 12.9. The van der Waals surface area contributed by atoms with Gasteiger partial charge in [0, 0.05) is 22.9 Å². The molecule has 152 valence electrons. The SMILES string of the molecule is CN1CCC[C@@H](Oc2nnc(-c3ccc(C(F)(F)F)cc3O)c3ccccc23)C1. The number of fused-ring (bicyclic) bond motifs is 1. The smallest absolute Gasteiger partial charge is 0.416 e. The number of alkyl halides is 3. The number of phenols is 1. The molecule has 5 nitrogen and oxygen atoms in total. The predicted octanol–water partition coefficient (Wildman–Crippen LogP) is 4.49. The summed E-state index contributed by atoms with van der Waals surface area (Å²) in [5.74, 6) is -0.113. The first-order valence-electron chi connectivity index (χ1n) is 9.34. The van der Waals surface area contributed by atoms with E-state index in [1.165, 1.54) is 6.07 Å². The van der Waals surface area contributed by atoms with E-state index in [0.29, 0.717) is 28.4 Å². The van der Waals surface area contributed by atoms with E-state index < -0.39 is 17.5 Å². The first-order valence-corrected chi connectivity index (χ1v) is 9.34. The minimum Gasteiger partial charge on any atom is -0.507 e. The number of hydrogen-bond donors (Lipinski definition) is 1. The number of likely N-dealkylation sites (N-methyl/N-ethyl adjacent to an activating group) is 1. The van der Waals surface area contributed by atoms with Crippen LogP contribution in [0.15, 0.2) is 42.5 Å². The van der Waals surface area contributed by atoms with Gasteiger partial charge in [-0.1, -0.05) is 18.2 Å². The molecule has 2 aromatic carbocycles. The fraction of sp³-hybridized carbons (Fsp3) is 0.333. The quantitative estimate of drug-likeness (QED) is 0.698. The van der Waals surface area contributed by atoms with Gasteiger partial charge in [-0.25, -0.2) is 0 Å². The zero-order valence-corrected chi connectivity index (χ0v) is 15.8. The highest BCUT2D eigenvalue weighted by molar-refractivity contribution is 5.98. The van der Waals surface area contributed by atoms with Crippen molar-refractivity contribution in [1.29, 1.82) is 0 Å². The number of piperidine rings is 1. The summed E-state index contributed by atoms with van der Waals surface area (Å²) in [6, 6.07) is 10.1. The van der Waals surface area contributed by atoms with Crippen LogP contribution in [0.25, 0.3) is 22.0 Å². The van der Waals surface area contributed by atoms with Crippen LogP contribution in [0.2, 0.25) is 0 Å². The normalized spacial score (nSPS) is 18.1. The molecule has 1 N–H and O–H groups in total. The molecule has 3 aromatic rings. The average Bonchev–Trinajstić information content (AvgIpc) is 2.68. The summed E-state index contributed by atoms with van der Waals surface area (Å²) in [5, 5.41) is 19.9. The van der Waals surface area contributed by atoms with E-state index in [9.17, 15) is 18.3 Å². The number of benzene rings is 2. The highest BCUT2D eigenvalue weighted by atomic mass is 19.4. The second kappa shape index (κ2) is 7.51. The van der Waals surface area contributed by atoms with Gasteiger partial charge in [0.2, 0.25) is 5.88 Å². The molecule has 0 bridgehead atoms. The monoisotopic (exact) mass is 403 g/mol. The Bertz CT molecular complexity index is 1040. The number of hydrogen-bond acceptors (Lipinski definition) is 5. The fourth-order valence-corrected chi connectivity index (χ4v) is 3.65. The van der Waals surface area contributed by atoms with Gasteiger partial charge < -0.3 is 14.7 Å². The summed E-state index contributed by atoms with van der Waals surface area (Å²) < 4.78 is 44.8. The number of rotatable bonds is 3. The zero-order valence-electron chi connectivity index (χ0n) is 15.8. The van der Waals surface area contributed by atoms with Crippen molar-refractivity contribution >= 4 is 10.8 Å². The lowest BCUT2D eigenvalue weighted by Gasteiger charge is -2.29. The first kappa shape index (κ1) is 19.4. The molecule has 0 aliphatic carbocycles. The molecular formula is C21H20F3N3O2. The van der Waals surface area contributed by atoms with Crippen LogP contribution in [0.3, 0.4) is 0 Å². The van der Waals surface area contributed by atoms with Crippen LogP contribution in [-0.2, 0) is 6.18 Å². The Hall–Kier alpha value is -2.87. The summed E-state index contributed by atoms with van der Waals surface area (Å²) >= 11 is 0. The third-order valence-electron chi connectivity index (χ3n) is 5.09. The van der Waals surface area contributed by atoms with Gasteiger partial charge in [0.15, 0.2) is 0 Å². The second-order valence-electron chi connectivity index (χ2n) is 7.27. The summed E-state index contributed by atoms with van der Waals surface area (Å²) in [5.41, 5.74) is -0.428. The molecule has 29 heavy (non-hydrogen) atoms. The van der Waals surface area contributed by atoms with Gasteiger partial charge in [-0.15, -0.1) is 10.2 Å². The number of ether oxygens (including phenoxy) is 1. The minimum absolute atomic E-state index is 0.00298. The minimum atomic E-state index is -4.53. The molecular weight excluding hydrogens is 383 g/mol. The summed E-state index contributed by atoms with van der Waals surface area (Å²) in [7, 11) is 2.04. The van der Waals surface area contributed by atoms with Crippen LogP contribution in [0.4, 0.5) is 13.2 Å². The Balaban J connectivity index is 1.74. The van der Waals surface area contributed by atoms with Gasteiger partial charge in [-0.2, -0.15) is 13.2 Å². The molecule has 1 aliphatic rings. The van der Waals surface area contributed by atoms with Crippen LogP contribution < -0.4 is 4.74 Å². The van der Waals surface area contributed by atoms with E-state index in [1.54, 1.807) is 12.1 Å². The molecule has 0 saturated carbocycles. The van der Waals surface area contributed by atoms with Crippen molar-refractivity contribution in [3.05, 3.63) is 48.0 Å². The topological polar surface area (TPSA) is 58.5 Å². The lowest BCUT2D eigenvalue weighted by molar-refractivity contribution is -0.137. The molecule has 4 rings (SSSR count). The van der Waals surface area contributed by atoms with Gasteiger partial charge >= 0.3 is 6.18 Å². The Labute approximate surface area is 165 Å². The maximum Gasteiger partial charge on any atom is 0.416 e. The molecule has 1 saturated heterocycles. The van der Waals surface area contributed by atoms with Crippen molar-refractivity contribution in [2.24, 2.45) is 0 Å². The average molecular weight is 403 g/mol. The summed E-state index contributed by atoms with van der Waals surface area (Å²) in [6.45, 7) is 1.82. The largest absolute Gasteiger partial charge is 0.507 e. The third kappa shape index (κ3) is 3.98.